The Balaban J connectivity index is 2.32. The normalized spacial score (nSPS) is 19.3. The van der Waals surface area contributed by atoms with Crippen LogP contribution in [0, 0.1) is 16.0 Å². The molecule has 2 rings (SSSR count). The Bertz CT molecular complexity index is 502. The molecule has 1 aliphatic rings. The molecule has 0 bridgehead atoms. The largest absolute Gasteiger partial charge is 0.502 e. The van der Waals surface area contributed by atoms with Crippen LogP contribution in [0.5, 0.6) is 5.75 Å². The van der Waals surface area contributed by atoms with Crippen molar-refractivity contribution in [1.29, 1.82) is 0 Å². The van der Waals surface area contributed by atoms with E-state index in [1.807, 2.05) is 0 Å². The van der Waals surface area contributed by atoms with Gasteiger partial charge in [-0.15, -0.1) is 0 Å². The zero-order valence-electron chi connectivity index (χ0n) is 9.44. The number of nitro benzene ring substituents is 1. The van der Waals surface area contributed by atoms with Crippen molar-refractivity contribution in [3.8, 4) is 5.75 Å². The van der Waals surface area contributed by atoms with Gasteiger partial charge in [-0.25, -0.2) is 0 Å². The lowest BCUT2D eigenvalue weighted by molar-refractivity contribution is -0.385. The zero-order valence-corrected chi connectivity index (χ0v) is 9.44. The van der Waals surface area contributed by atoms with Gasteiger partial charge in [-0.05, 0) is 12.1 Å². The van der Waals surface area contributed by atoms with Crippen LogP contribution in [0.2, 0.25) is 0 Å². The topological polar surface area (TPSA) is 104 Å². The van der Waals surface area contributed by atoms with E-state index in [4.69, 9.17) is 5.11 Å². The number of rotatable bonds is 3. The summed E-state index contributed by atoms with van der Waals surface area (Å²) in [6, 6.07) is 3.79. The standard InChI is InChI=1S/C11H12N2O5/c14-6-7-3-11(16)12(5-7)8-1-2-10(15)9(4-8)13(17)18/h1-2,4,7,14-15H,3,5-6H2. The van der Waals surface area contributed by atoms with E-state index in [9.17, 15) is 20.0 Å². The lowest BCUT2D eigenvalue weighted by atomic mass is 10.1. The third-order valence-corrected chi connectivity index (χ3v) is 2.93. The smallest absolute Gasteiger partial charge is 0.312 e. The number of carbonyl (C=O) groups excluding carboxylic acids is 1. The Morgan fingerprint density at radius 2 is 2.22 bits per heavy atom. The number of aliphatic hydroxyl groups excluding tert-OH is 1. The second-order valence-electron chi connectivity index (χ2n) is 4.19. The summed E-state index contributed by atoms with van der Waals surface area (Å²) in [6.45, 7) is 0.236. The predicted octanol–water partition coefficient (Wildman–Crippen LogP) is 0.646. The van der Waals surface area contributed by atoms with Gasteiger partial charge in [0, 0.05) is 31.6 Å². The van der Waals surface area contributed by atoms with E-state index in [2.05, 4.69) is 0 Å². The van der Waals surface area contributed by atoms with Crippen molar-refractivity contribution in [1.82, 2.24) is 0 Å². The molecule has 2 N–H and O–H groups in total. The summed E-state index contributed by atoms with van der Waals surface area (Å²) >= 11 is 0. The molecule has 1 saturated heterocycles. The van der Waals surface area contributed by atoms with E-state index < -0.39 is 16.4 Å². The molecule has 0 radical (unpaired) electrons. The minimum absolute atomic E-state index is 0.0948. The number of phenolic OH excluding ortho intramolecular Hbond substituents is 1. The van der Waals surface area contributed by atoms with E-state index in [-0.39, 0.29) is 24.9 Å². The van der Waals surface area contributed by atoms with E-state index in [0.29, 0.717) is 12.2 Å². The molecule has 1 aromatic carbocycles. The average Bonchev–Trinajstić information content (AvgIpc) is 2.71. The first-order valence-electron chi connectivity index (χ1n) is 5.41. The predicted molar refractivity (Wildman–Crippen MR) is 62.3 cm³/mol. The van der Waals surface area contributed by atoms with Crippen LogP contribution in [0.4, 0.5) is 11.4 Å². The van der Waals surface area contributed by atoms with Gasteiger partial charge in [0.05, 0.1) is 10.6 Å². The number of anilines is 1. The fourth-order valence-corrected chi connectivity index (χ4v) is 1.98. The zero-order chi connectivity index (χ0) is 13.3. The molecule has 1 atom stereocenters. The van der Waals surface area contributed by atoms with Crippen LogP contribution in [0.15, 0.2) is 18.2 Å². The fourth-order valence-electron chi connectivity index (χ4n) is 1.98. The number of phenols is 1. The summed E-state index contributed by atoms with van der Waals surface area (Å²) in [7, 11) is 0. The van der Waals surface area contributed by atoms with Crippen LogP contribution in [0.1, 0.15) is 6.42 Å². The highest BCUT2D eigenvalue weighted by molar-refractivity contribution is 5.96. The maximum absolute atomic E-state index is 11.7. The van der Waals surface area contributed by atoms with Crippen molar-refractivity contribution in [2.45, 2.75) is 6.42 Å². The summed E-state index contributed by atoms with van der Waals surface area (Å²) in [6.07, 6.45) is 0.227. The maximum atomic E-state index is 11.7. The number of hydrogen-bond acceptors (Lipinski definition) is 5. The third-order valence-electron chi connectivity index (χ3n) is 2.93. The highest BCUT2D eigenvalue weighted by atomic mass is 16.6. The first-order valence-corrected chi connectivity index (χ1v) is 5.41. The number of aromatic hydroxyl groups is 1. The van der Waals surface area contributed by atoms with Crippen molar-refractivity contribution < 1.29 is 19.9 Å². The van der Waals surface area contributed by atoms with Gasteiger partial charge in [0.1, 0.15) is 0 Å². The Morgan fingerprint density at radius 1 is 1.50 bits per heavy atom. The van der Waals surface area contributed by atoms with Gasteiger partial charge in [-0.3, -0.25) is 14.9 Å². The number of nitro groups is 1. The molecule has 7 nitrogen and oxygen atoms in total. The maximum Gasteiger partial charge on any atom is 0.312 e. The molecular formula is C11H12N2O5. The van der Waals surface area contributed by atoms with E-state index in [1.165, 1.54) is 17.0 Å². The molecule has 7 heteroatoms. The van der Waals surface area contributed by atoms with E-state index in [0.717, 1.165) is 6.07 Å². The lowest BCUT2D eigenvalue weighted by Gasteiger charge is -2.16. The molecule has 1 fully saturated rings. The van der Waals surface area contributed by atoms with Crippen LogP contribution >= 0.6 is 0 Å². The Kier molecular flexibility index (Phi) is 3.15. The second kappa shape index (κ2) is 4.61. The monoisotopic (exact) mass is 252 g/mol. The van der Waals surface area contributed by atoms with Crippen molar-refractivity contribution in [3.63, 3.8) is 0 Å². The molecule has 0 saturated carbocycles. The average molecular weight is 252 g/mol. The number of aliphatic hydroxyl groups is 1. The number of benzene rings is 1. The Labute approximate surface area is 102 Å². The number of carbonyl (C=O) groups is 1. The number of nitrogens with zero attached hydrogens (tertiary/aromatic N) is 2. The minimum Gasteiger partial charge on any atom is -0.502 e. The van der Waals surface area contributed by atoms with Crippen LogP contribution < -0.4 is 4.90 Å². The van der Waals surface area contributed by atoms with E-state index >= 15 is 0 Å². The minimum atomic E-state index is -0.705. The highest BCUT2D eigenvalue weighted by Gasteiger charge is 2.31. The van der Waals surface area contributed by atoms with Gasteiger partial charge >= 0.3 is 5.69 Å². The number of amides is 1. The molecule has 1 aromatic rings. The summed E-state index contributed by atoms with van der Waals surface area (Å²) in [5.74, 6) is -0.770. The molecule has 1 aliphatic heterocycles. The molecule has 0 aliphatic carbocycles. The van der Waals surface area contributed by atoms with Crippen LogP contribution in [0.25, 0.3) is 0 Å². The number of hydrogen-bond donors (Lipinski definition) is 2. The van der Waals surface area contributed by atoms with Crippen LogP contribution in [-0.2, 0) is 4.79 Å². The fraction of sp³-hybridized carbons (Fsp3) is 0.364. The van der Waals surface area contributed by atoms with Gasteiger partial charge < -0.3 is 15.1 Å². The van der Waals surface area contributed by atoms with Crippen molar-refractivity contribution in [2.75, 3.05) is 18.1 Å². The highest BCUT2D eigenvalue weighted by Crippen LogP contribution is 2.33. The van der Waals surface area contributed by atoms with Gasteiger partial charge in [0.2, 0.25) is 5.91 Å². The van der Waals surface area contributed by atoms with Crippen molar-refractivity contribution in [2.24, 2.45) is 5.92 Å². The van der Waals surface area contributed by atoms with Gasteiger partial charge in [0.25, 0.3) is 0 Å². The summed E-state index contributed by atoms with van der Waals surface area (Å²) in [4.78, 5) is 23.1. The molecular weight excluding hydrogens is 240 g/mol. The van der Waals surface area contributed by atoms with Gasteiger partial charge in [-0.2, -0.15) is 0 Å². The first kappa shape index (κ1) is 12.3. The van der Waals surface area contributed by atoms with Gasteiger partial charge in [-0.1, -0.05) is 0 Å². The summed E-state index contributed by atoms with van der Waals surface area (Å²) in [5, 5.41) is 29.0. The molecule has 1 heterocycles. The van der Waals surface area contributed by atoms with Crippen LogP contribution in [0.3, 0.4) is 0 Å². The molecule has 0 aromatic heterocycles. The van der Waals surface area contributed by atoms with Gasteiger partial charge in [0.15, 0.2) is 5.75 Å². The van der Waals surface area contributed by atoms with Crippen molar-refractivity contribution in [3.05, 3.63) is 28.3 Å². The van der Waals surface area contributed by atoms with E-state index in [1.54, 1.807) is 0 Å². The molecule has 1 unspecified atom stereocenters. The second-order valence-corrected chi connectivity index (χ2v) is 4.19. The Morgan fingerprint density at radius 3 is 2.78 bits per heavy atom. The summed E-state index contributed by atoms with van der Waals surface area (Å²) < 4.78 is 0. The molecule has 18 heavy (non-hydrogen) atoms. The molecule has 1 amide bonds. The summed E-state index contributed by atoms with van der Waals surface area (Å²) in [5.41, 5.74) is -0.0757. The Hall–Kier alpha value is -2.15. The SMILES string of the molecule is O=C1CC(CO)CN1c1ccc(O)c([N+](=O)[O-])c1. The first-order chi connectivity index (χ1) is 8.52. The molecule has 96 valence electrons. The van der Waals surface area contributed by atoms with Crippen LogP contribution in [-0.4, -0.2) is 34.2 Å². The quantitative estimate of drug-likeness (QED) is 0.607. The third kappa shape index (κ3) is 2.12. The lowest BCUT2D eigenvalue weighted by Crippen LogP contribution is -2.24. The van der Waals surface area contributed by atoms with Crippen molar-refractivity contribution >= 4 is 17.3 Å². The molecule has 0 spiro atoms.